The van der Waals surface area contributed by atoms with E-state index in [-0.39, 0.29) is 17.7 Å². The number of piperazine rings is 1. The van der Waals surface area contributed by atoms with Crippen molar-refractivity contribution in [2.45, 2.75) is 0 Å². The van der Waals surface area contributed by atoms with Crippen molar-refractivity contribution in [1.29, 1.82) is 0 Å². The van der Waals surface area contributed by atoms with E-state index < -0.39 is 0 Å². The van der Waals surface area contributed by atoms with Crippen LogP contribution in [0.2, 0.25) is 0 Å². The SMILES string of the molecule is CN1CCN(CC(=O)Nc2nc(-c3ccccc3)cc(-c3ccc(F)cc3)n2)CC1. The van der Waals surface area contributed by atoms with E-state index in [1.54, 1.807) is 12.1 Å². The van der Waals surface area contributed by atoms with Crippen molar-refractivity contribution in [1.82, 2.24) is 19.8 Å². The first kappa shape index (κ1) is 20.1. The maximum Gasteiger partial charge on any atom is 0.240 e. The molecule has 1 aliphatic heterocycles. The first-order chi connectivity index (χ1) is 14.6. The Morgan fingerprint density at radius 2 is 1.53 bits per heavy atom. The van der Waals surface area contributed by atoms with Gasteiger partial charge in [-0.3, -0.25) is 15.0 Å². The van der Waals surface area contributed by atoms with Gasteiger partial charge in [-0.15, -0.1) is 0 Å². The van der Waals surface area contributed by atoms with E-state index in [4.69, 9.17) is 0 Å². The van der Waals surface area contributed by atoms with Gasteiger partial charge in [-0.1, -0.05) is 30.3 Å². The second kappa shape index (κ2) is 9.11. The van der Waals surface area contributed by atoms with E-state index in [9.17, 15) is 9.18 Å². The van der Waals surface area contributed by atoms with Crippen molar-refractivity contribution in [3.63, 3.8) is 0 Å². The van der Waals surface area contributed by atoms with Crippen LogP contribution in [0.4, 0.5) is 10.3 Å². The molecule has 0 aliphatic carbocycles. The molecule has 0 bridgehead atoms. The fraction of sp³-hybridized carbons (Fsp3) is 0.261. The second-order valence-corrected chi connectivity index (χ2v) is 7.46. The molecule has 3 aromatic rings. The zero-order valence-corrected chi connectivity index (χ0v) is 16.9. The van der Waals surface area contributed by atoms with Crippen LogP contribution in [0, 0.1) is 5.82 Å². The van der Waals surface area contributed by atoms with Crippen LogP contribution < -0.4 is 5.32 Å². The number of likely N-dealkylation sites (N-methyl/N-ethyl adjacent to an activating group) is 1. The van der Waals surface area contributed by atoms with E-state index >= 15 is 0 Å². The third-order valence-electron chi connectivity index (χ3n) is 5.15. The van der Waals surface area contributed by atoms with Gasteiger partial charge in [0.1, 0.15) is 5.82 Å². The number of carbonyl (C=O) groups is 1. The van der Waals surface area contributed by atoms with Crippen molar-refractivity contribution < 1.29 is 9.18 Å². The Morgan fingerprint density at radius 1 is 0.933 bits per heavy atom. The predicted molar refractivity (Wildman–Crippen MR) is 115 cm³/mol. The molecular formula is C23H24FN5O. The molecule has 154 valence electrons. The summed E-state index contributed by atoms with van der Waals surface area (Å²) in [6.07, 6.45) is 0. The Balaban J connectivity index is 1.59. The predicted octanol–water partition coefficient (Wildman–Crippen LogP) is 3.14. The van der Waals surface area contributed by atoms with Gasteiger partial charge in [-0.2, -0.15) is 0 Å². The summed E-state index contributed by atoms with van der Waals surface area (Å²) in [6, 6.07) is 17.7. The summed E-state index contributed by atoms with van der Waals surface area (Å²) in [5.41, 5.74) is 2.99. The van der Waals surface area contributed by atoms with Crippen molar-refractivity contribution in [3.8, 4) is 22.5 Å². The highest BCUT2D eigenvalue weighted by Gasteiger charge is 2.18. The van der Waals surface area contributed by atoms with Gasteiger partial charge in [-0.05, 0) is 37.4 Å². The molecule has 4 rings (SSSR count). The summed E-state index contributed by atoms with van der Waals surface area (Å²) < 4.78 is 13.3. The molecule has 0 unspecified atom stereocenters. The number of hydrogen-bond acceptors (Lipinski definition) is 5. The smallest absolute Gasteiger partial charge is 0.240 e. The lowest BCUT2D eigenvalue weighted by Gasteiger charge is -2.31. The van der Waals surface area contributed by atoms with Crippen LogP contribution >= 0.6 is 0 Å². The summed E-state index contributed by atoms with van der Waals surface area (Å²) in [5.74, 6) is -0.207. The molecular weight excluding hydrogens is 381 g/mol. The van der Waals surface area contributed by atoms with Gasteiger partial charge >= 0.3 is 0 Å². The topological polar surface area (TPSA) is 61.4 Å². The van der Waals surface area contributed by atoms with Gasteiger partial charge in [-0.25, -0.2) is 14.4 Å². The van der Waals surface area contributed by atoms with E-state index in [1.165, 1.54) is 12.1 Å². The minimum Gasteiger partial charge on any atom is -0.304 e. The number of anilines is 1. The summed E-state index contributed by atoms with van der Waals surface area (Å²) in [5, 5.41) is 2.84. The minimum absolute atomic E-state index is 0.144. The van der Waals surface area contributed by atoms with Gasteiger partial charge in [0.2, 0.25) is 11.9 Å². The quantitative estimate of drug-likeness (QED) is 0.707. The summed E-state index contributed by atoms with van der Waals surface area (Å²) in [6.45, 7) is 3.91. The number of benzene rings is 2. The number of amides is 1. The minimum atomic E-state index is -0.309. The largest absolute Gasteiger partial charge is 0.304 e. The molecule has 1 aliphatic rings. The number of halogens is 1. The highest BCUT2D eigenvalue weighted by Crippen LogP contribution is 2.25. The molecule has 0 radical (unpaired) electrons. The van der Waals surface area contributed by atoms with Crippen LogP contribution in [0.15, 0.2) is 60.7 Å². The Morgan fingerprint density at radius 3 is 2.17 bits per heavy atom. The Kier molecular flexibility index (Phi) is 6.11. The van der Waals surface area contributed by atoms with Gasteiger partial charge in [0.05, 0.1) is 17.9 Å². The average molecular weight is 405 g/mol. The average Bonchev–Trinajstić information content (AvgIpc) is 2.76. The first-order valence-electron chi connectivity index (χ1n) is 9.98. The van der Waals surface area contributed by atoms with Crippen LogP contribution in [0.25, 0.3) is 22.5 Å². The maximum atomic E-state index is 13.3. The van der Waals surface area contributed by atoms with Crippen LogP contribution in [0.5, 0.6) is 0 Å². The lowest BCUT2D eigenvalue weighted by Crippen LogP contribution is -2.47. The van der Waals surface area contributed by atoms with Crippen LogP contribution in [0.3, 0.4) is 0 Å². The molecule has 2 aromatic carbocycles. The number of carbonyl (C=O) groups excluding carboxylic acids is 1. The highest BCUT2D eigenvalue weighted by molar-refractivity contribution is 5.91. The second-order valence-electron chi connectivity index (χ2n) is 7.46. The molecule has 1 fully saturated rings. The molecule has 0 atom stereocenters. The molecule has 1 amide bonds. The van der Waals surface area contributed by atoms with Crippen molar-refractivity contribution in [2.75, 3.05) is 45.1 Å². The van der Waals surface area contributed by atoms with E-state index in [1.807, 2.05) is 36.4 Å². The van der Waals surface area contributed by atoms with Crippen molar-refractivity contribution >= 4 is 11.9 Å². The fourth-order valence-electron chi connectivity index (χ4n) is 3.40. The molecule has 1 saturated heterocycles. The Hall–Kier alpha value is -3.16. The molecule has 7 heteroatoms. The normalized spacial score (nSPS) is 15.1. The van der Waals surface area contributed by atoms with Crippen molar-refractivity contribution in [3.05, 3.63) is 66.5 Å². The third kappa shape index (κ3) is 5.06. The zero-order chi connectivity index (χ0) is 20.9. The number of rotatable bonds is 5. The summed E-state index contributed by atoms with van der Waals surface area (Å²) in [7, 11) is 2.08. The van der Waals surface area contributed by atoms with Crippen LogP contribution in [0.1, 0.15) is 0 Å². The fourth-order valence-corrected chi connectivity index (χ4v) is 3.40. The van der Waals surface area contributed by atoms with Crippen molar-refractivity contribution in [2.24, 2.45) is 0 Å². The number of hydrogen-bond donors (Lipinski definition) is 1. The van der Waals surface area contributed by atoms with Crippen LogP contribution in [-0.2, 0) is 4.79 Å². The first-order valence-corrected chi connectivity index (χ1v) is 9.98. The Labute approximate surface area is 175 Å². The van der Waals surface area contributed by atoms with E-state index in [0.717, 1.165) is 37.3 Å². The standard InChI is InChI=1S/C23H24FN5O/c1-28-11-13-29(14-12-28)16-22(30)27-23-25-20(17-5-3-2-4-6-17)15-21(26-23)18-7-9-19(24)10-8-18/h2-10,15H,11-14,16H2,1H3,(H,25,26,27,30). The molecule has 1 aromatic heterocycles. The van der Waals surface area contributed by atoms with Gasteiger partial charge in [0.15, 0.2) is 0 Å². The van der Waals surface area contributed by atoms with Crippen LogP contribution in [-0.4, -0.2) is 65.4 Å². The van der Waals surface area contributed by atoms with Gasteiger partial charge in [0.25, 0.3) is 0 Å². The number of nitrogens with zero attached hydrogens (tertiary/aromatic N) is 4. The third-order valence-corrected chi connectivity index (χ3v) is 5.15. The zero-order valence-electron chi connectivity index (χ0n) is 16.9. The number of nitrogens with one attached hydrogen (secondary N) is 1. The molecule has 2 heterocycles. The maximum absolute atomic E-state index is 13.3. The molecule has 30 heavy (non-hydrogen) atoms. The van der Waals surface area contributed by atoms with E-state index in [2.05, 4.69) is 32.1 Å². The van der Waals surface area contributed by atoms with Gasteiger partial charge in [0, 0.05) is 37.3 Å². The monoisotopic (exact) mass is 405 g/mol. The molecule has 0 spiro atoms. The van der Waals surface area contributed by atoms with Gasteiger partial charge < -0.3 is 4.90 Å². The highest BCUT2D eigenvalue weighted by atomic mass is 19.1. The number of aromatic nitrogens is 2. The van der Waals surface area contributed by atoms with E-state index in [0.29, 0.717) is 17.9 Å². The molecule has 6 nitrogen and oxygen atoms in total. The molecule has 0 saturated carbocycles. The Bertz CT molecular complexity index is 1000. The lowest BCUT2D eigenvalue weighted by molar-refractivity contribution is -0.117. The summed E-state index contributed by atoms with van der Waals surface area (Å²) >= 11 is 0. The molecule has 1 N–H and O–H groups in total. The summed E-state index contributed by atoms with van der Waals surface area (Å²) in [4.78, 5) is 26.0. The lowest BCUT2D eigenvalue weighted by atomic mass is 10.1.